The molecule has 0 radical (unpaired) electrons. The second kappa shape index (κ2) is 6.34. The summed E-state index contributed by atoms with van der Waals surface area (Å²) in [5.74, 6) is 0.00564. The van der Waals surface area contributed by atoms with Gasteiger partial charge in [0.2, 0.25) is 5.91 Å². The third-order valence-corrected chi connectivity index (χ3v) is 5.38. The van der Waals surface area contributed by atoms with Crippen molar-refractivity contribution in [3.8, 4) is 0 Å². The van der Waals surface area contributed by atoms with Crippen molar-refractivity contribution >= 4 is 32.6 Å². The van der Waals surface area contributed by atoms with E-state index in [4.69, 9.17) is 0 Å². The first-order valence-electron chi connectivity index (χ1n) is 8.14. The van der Waals surface area contributed by atoms with Crippen LogP contribution in [0.5, 0.6) is 0 Å². The largest absolute Gasteiger partial charge is 0.301 e. The fraction of sp³-hybridized carbons (Fsp3) is 0.263. The Balaban J connectivity index is 1.42. The molecular formula is C19H19N3OS. The van der Waals surface area contributed by atoms with E-state index in [2.05, 4.69) is 39.5 Å². The maximum atomic E-state index is 12.4. The molecule has 1 aliphatic rings. The second-order valence-corrected chi connectivity index (χ2v) is 7.25. The van der Waals surface area contributed by atoms with Crippen LogP contribution in [0.4, 0.5) is 5.13 Å². The van der Waals surface area contributed by atoms with Gasteiger partial charge in [-0.25, -0.2) is 4.98 Å². The highest BCUT2D eigenvalue weighted by Gasteiger charge is 2.18. The molecule has 1 aliphatic heterocycles. The Morgan fingerprint density at radius 2 is 2.04 bits per heavy atom. The average molecular weight is 337 g/mol. The molecule has 1 aromatic heterocycles. The number of nitrogens with zero attached hydrogens (tertiary/aromatic N) is 2. The van der Waals surface area contributed by atoms with Crippen LogP contribution in [-0.2, 0) is 17.8 Å². The van der Waals surface area contributed by atoms with Crippen LogP contribution in [0.2, 0.25) is 0 Å². The van der Waals surface area contributed by atoms with Gasteiger partial charge in [-0.1, -0.05) is 47.7 Å². The molecule has 1 amide bonds. The molecule has 4 rings (SSSR count). The molecule has 1 N–H and O–H groups in total. The molecule has 0 unspecified atom stereocenters. The Bertz CT molecular complexity index is 903. The average Bonchev–Trinajstić information content (AvgIpc) is 2.98. The minimum absolute atomic E-state index is 0.00564. The molecule has 0 bridgehead atoms. The Kier molecular flexibility index (Phi) is 4.04. The van der Waals surface area contributed by atoms with E-state index in [0.29, 0.717) is 11.7 Å². The number of rotatable bonds is 3. The van der Waals surface area contributed by atoms with Crippen LogP contribution >= 0.6 is 11.3 Å². The quantitative estimate of drug-likeness (QED) is 0.794. The zero-order valence-corrected chi connectivity index (χ0v) is 14.4. The van der Waals surface area contributed by atoms with Crippen LogP contribution in [0.3, 0.4) is 0 Å². The number of amides is 1. The number of thiazole rings is 1. The van der Waals surface area contributed by atoms with Crippen LogP contribution in [-0.4, -0.2) is 28.9 Å². The smallest absolute Gasteiger partial charge is 0.240 e. The van der Waals surface area contributed by atoms with E-state index >= 15 is 0 Å². The van der Waals surface area contributed by atoms with Gasteiger partial charge in [-0.2, -0.15) is 0 Å². The standard InChI is InChI=1S/C19H19N3OS/c1-13-5-4-8-16-18(13)21-19(24-16)20-17(23)12-22-10-9-14-6-2-3-7-15(14)11-22/h2-8H,9-12H2,1H3,(H,20,21,23). The fourth-order valence-corrected chi connectivity index (χ4v) is 4.15. The topological polar surface area (TPSA) is 45.2 Å². The molecule has 0 spiro atoms. The summed E-state index contributed by atoms with van der Waals surface area (Å²) in [4.78, 5) is 19.1. The number of nitrogens with one attached hydrogen (secondary N) is 1. The van der Waals surface area contributed by atoms with Gasteiger partial charge >= 0.3 is 0 Å². The third kappa shape index (κ3) is 3.05. The lowest BCUT2D eigenvalue weighted by atomic mass is 10.00. The van der Waals surface area contributed by atoms with E-state index < -0.39 is 0 Å². The van der Waals surface area contributed by atoms with Gasteiger partial charge in [0.25, 0.3) is 0 Å². The van der Waals surface area contributed by atoms with Crippen molar-refractivity contribution in [2.24, 2.45) is 0 Å². The lowest BCUT2D eigenvalue weighted by molar-refractivity contribution is -0.117. The fourth-order valence-electron chi connectivity index (χ4n) is 3.19. The number of carbonyl (C=O) groups is 1. The van der Waals surface area contributed by atoms with E-state index in [1.165, 1.54) is 22.5 Å². The number of aromatic nitrogens is 1. The molecule has 0 fully saturated rings. The first-order valence-corrected chi connectivity index (χ1v) is 8.96. The molecule has 5 heteroatoms. The number of para-hydroxylation sites is 1. The van der Waals surface area contributed by atoms with Gasteiger partial charge in [-0.05, 0) is 36.1 Å². The summed E-state index contributed by atoms with van der Waals surface area (Å²) in [5.41, 5.74) is 4.84. The van der Waals surface area contributed by atoms with E-state index in [1.807, 2.05) is 25.1 Å². The minimum Gasteiger partial charge on any atom is -0.301 e. The molecule has 0 saturated carbocycles. The van der Waals surface area contributed by atoms with Crippen molar-refractivity contribution in [1.29, 1.82) is 0 Å². The van der Waals surface area contributed by atoms with Gasteiger partial charge in [-0.15, -0.1) is 0 Å². The molecule has 2 heterocycles. The number of benzene rings is 2. The number of fused-ring (bicyclic) bond motifs is 2. The number of aryl methyl sites for hydroxylation is 1. The Morgan fingerprint density at radius 3 is 2.88 bits per heavy atom. The van der Waals surface area contributed by atoms with Crippen LogP contribution in [0.25, 0.3) is 10.2 Å². The van der Waals surface area contributed by atoms with Crippen molar-refractivity contribution in [3.63, 3.8) is 0 Å². The SMILES string of the molecule is Cc1cccc2sc(NC(=O)CN3CCc4ccccc4C3)nc12. The summed E-state index contributed by atoms with van der Waals surface area (Å²) < 4.78 is 1.11. The summed E-state index contributed by atoms with van der Waals surface area (Å²) in [5, 5.41) is 3.64. The lowest BCUT2D eigenvalue weighted by Gasteiger charge is -2.27. The number of anilines is 1. The summed E-state index contributed by atoms with van der Waals surface area (Å²) in [6.07, 6.45) is 1.00. The number of carbonyl (C=O) groups excluding carboxylic acids is 1. The van der Waals surface area contributed by atoms with Crippen LogP contribution in [0.1, 0.15) is 16.7 Å². The predicted molar refractivity (Wildman–Crippen MR) is 98.4 cm³/mol. The van der Waals surface area contributed by atoms with Crippen LogP contribution in [0, 0.1) is 6.92 Å². The van der Waals surface area contributed by atoms with Crippen molar-refractivity contribution in [2.75, 3.05) is 18.4 Å². The highest BCUT2D eigenvalue weighted by atomic mass is 32.1. The third-order valence-electron chi connectivity index (χ3n) is 4.44. The molecule has 122 valence electrons. The monoisotopic (exact) mass is 337 g/mol. The summed E-state index contributed by atoms with van der Waals surface area (Å²) >= 11 is 1.53. The van der Waals surface area contributed by atoms with E-state index in [-0.39, 0.29) is 5.91 Å². The highest BCUT2D eigenvalue weighted by Crippen LogP contribution is 2.28. The minimum atomic E-state index is 0.00564. The van der Waals surface area contributed by atoms with Gasteiger partial charge in [0, 0.05) is 13.1 Å². The van der Waals surface area contributed by atoms with Gasteiger partial charge < -0.3 is 5.32 Å². The van der Waals surface area contributed by atoms with Crippen molar-refractivity contribution < 1.29 is 4.79 Å². The maximum Gasteiger partial charge on any atom is 0.240 e. The summed E-state index contributed by atoms with van der Waals surface area (Å²) in [6.45, 7) is 4.20. The van der Waals surface area contributed by atoms with Gasteiger partial charge in [0.05, 0.1) is 16.8 Å². The lowest BCUT2D eigenvalue weighted by Crippen LogP contribution is -2.37. The Labute approximate surface area is 145 Å². The van der Waals surface area contributed by atoms with Gasteiger partial charge in [0.1, 0.15) is 0 Å². The van der Waals surface area contributed by atoms with Crippen molar-refractivity contribution in [3.05, 3.63) is 59.2 Å². The summed E-state index contributed by atoms with van der Waals surface area (Å²) in [7, 11) is 0. The number of hydrogen-bond donors (Lipinski definition) is 1. The van der Waals surface area contributed by atoms with E-state index in [9.17, 15) is 4.79 Å². The predicted octanol–water partition coefficient (Wildman–Crippen LogP) is 3.60. The van der Waals surface area contributed by atoms with Crippen molar-refractivity contribution in [1.82, 2.24) is 9.88 Å². The zero-order chi connectivity index (χ0) is 16.5. The van der Waals surface area contributed by atoms with Gasteiger partial charge in [0.15, 0.2) is 5.13 Å². The Hall–Kier alpha value is -2.24. The molecule has 4 nitrogen and oxygen atoms in total. The first-order chi connectivity index (χ1) is 11.7. The van der Waals surface area contributed by atoms with Crippen LogP contribution in [0.15, 0.2) is 42.5 Å². The molecule has 0 atom stereocenters. The Morgan fingerprint density at radius 1 is 1.21 bits per heavy atom. The normalized spacial score (nSPS) is 14.5. The van der Waals surface area contributed by atoms with E-state index in [1.54, 1.807) is 0 Å². The number of hydrogen-bond acceptors (Lipinski definition) is 4. The van der Waals surface area contributed by atoms with Crippen molar-refractivity contribution in [2.45, 2.75) is 19.9 Å². The highest BCUT2D eigenvalue weighted by molar-refractivity contribution is 7.22. The van der Waals surface area contributed by atoms with Crippen LogP contribution < -0.4 is 5.32 Å². The molecule has 24 heavy (non-hydrogen) atoms. The van der Waals surface area contributed by atoms with Gasteiger partial charge in [-0.3, -0.25) is 9.69 Å². The molecule has 0 aliphatic carbocycles. The first kappa shape index (κ1) is 15.3. The molecule has 2 aromatic carbocycles. The summed E-state index contributed by atoms with van der Waals surface area (Å²) in [6, 6.07) is 14.6. The molecular weight excluding hydrogens is 318 g/mol. The second-order valence-electron chi connectivity index (χ2n) is 6.22. The molecule has 0 saturated heterocycles. The zero-order valence-electron chi connectivity index (χ0n) is 13.6. The maximum absolute atomic E-state index is 12.4. The van der Waals surface area contributed by atoms with E-state index in [0.717, 1.165) is 35.3 Å². The molecule has 3 aromatic rings.